The normalized spacial score (nSPS) is 16.7. The molecule has 0 saturated carbocycles. The van der Waals surface area contributed by atoms with Crippen molar-refractivity contribution < 1.29 is 18.8 Å². The molecule has 1 aliphatic rings. The molecular formula is C30H33BO4. The van der Waals surface area contributed by atoms with Crippen LogP contribution in [0.3, 0.4) is 0 Å². The van der Waals surface area contributed by atoms with Crippen molar-refractivity contribution in [1.82, 2.24) is 0 Å². The van der Waals surface area contributed by atoms with Gasteiger partial charge in [0.25, 0.3) is 0 Å². The number of ether oxygens (including phenoxy) is 2. The number of hydrogen-bond donors (Lipinski definition) is 0. The maximum atomic E-state index is 6.32. The van der Waals surface area contributed by atoms with Crippen LogP contribution in [0.4, 0.5) is 0 Å². The van der Waals surface area contributed by atoms with Gasteiger partial charge in [0.2, 0.25) is 0 Å². The smallest absolute Gasteiger partial charge is 0.493 e. The second-order valence-electron chi connectivity index (χ2n) is 10.0. The lowest BCUT2D eigenvalue weighted by Gasteiger charge is -2.32. The maximum absolute atomic E-state index is 6.32. The third kappa shape index (κ3) is 4.07. The number of hydrogen-bond acceptors (Lipinski definition) is 4. The van der Waals surface area contributed by atoms with Crippen LogP contribution in [0.15, 0.2) is 66.7 Å². The van der Waals surface area contributed by atoms with Gasteiger partial charge in [0, 0.05) is 11.1 Å². The average Bonchev–Trinajstić information content (AvgIpc) is 3.06. The molecule has 0 atom stereocenters. The summed E-state index contributed by atoms with van der Waals surface area (Å²) in [6, 6.07) is 23.2. The Kier molecular flexibility index (Phi) is 6.02. The van der Waals surface area contributed by atoms with Gasteiger partial charge in [-0.15, -0.1) is 0 Å². The van der Waals surface area contributed by atoms with Crippen LogP contribution in [-0.4, -0.2) is 31.5 Å². The second-order valence-corrected chi connectivity index (χ2v) is 10.0. The van der Waals surface area contributed by atoms with Crippen molar-refractivity contribution in [1.29, 1.82) is 0 Å². The van der Waals surface area contributed by atoms with Crippen LogP contribution in [0, 0.1) is 0 Å². The predicted molar refractivity (Wildman–Crippen MR) is 145 cm³/mol. The summed E-state index contributed by atoms with van der Waals surface area (Å²) in [4.78, 5) is 0. The lowest BCUT2D eigenvalue weighted by Crippen LogP contribution is -2.41. The van der Waals surface area contributed by atoms with Crippen LogP contribution >= 0.6 is 0 Å². The predicted octanol–water partition coefficient (Wildman–Crippen LogP) is 6.76. The first kappa shape index (κ1) is 23.7. The minimum Gasteiger partial charge on any atom is -0.493 e. The summed E-state index contributed by atoms with van der Waals surface area (Å²) in [5.74, 6) is 1.70. The topological polar surface area (TPSA) is 36.9 Å². The van der Waals surface area contributed by atoms with Gasteiger partial charge in [0.05, 0.1) is 24.4 Å². The Labute approximate surface area is 208 Å². The van der Waals surface area contributed by atoms with Crippen molar-refractivity contribution >= 4 is 34.1 Å². The van der Waals surface area contributed by atoms with Crippen LogP contribution in [-0.2, 0) is 9.31 Å². The highest BCUT2D eigenvalue weighted by Crippen LogP contribution is 2.45. The fraction of sp³-hybridized carbons (Fsp3) is 0.333. The van der Waals surface area contributed by atoms with Gasteiger partial charge in [-0.05, 0) is 80.7 Å². The summed E-state index contributed by atoms with van der Waals surface area (Å²) in [6.45, 7) is 13.5. The van der Waals surface area contributed by atoms with Gasteiger partial charge in [-0.25, -0.2) is 0 Å². The van der Waals surface area contributed by atoms with Crippen molar-refractivity contribution in [2.75, 3.05) is 13.2 Å². The minimum absolute atomic E-state index is 0.383. The van der Waals surface area contributed by atoms with Crippen molar-refractivity contribution in [3.8, 4) is 22.6 Å². The Morgan fingerprint density at radius 2 is 1.20 bits per heavy atom. The highest BCUT2D eigenvalue weighted by Gasteiger charge is 2.51. The Balaban J connectivity index is 1.73. The molecule has 0 aromatic heterocycles. The molecule has 1 aliphatic heterocycles. The number of rotatable bonds is 6. The largest absolute Gasteiger partial charge is 0.494 e. The molecule has 5 heteroatoms. The Morgan fingerprint density at radius 3 is 1.80 bits per heavy atom. The molecule has 1 heterocycles. The van der Waals surface area contributed by atoms with Crippen molar-refractivity contribution in [2.24, 2.45) is 0 Å². The summed E-state index contributed by atoms with van der Waals surface area (Å²) < 4.78 is 24.9. The molecule has 4 aromatic rings. The molecule has 4 aromatic carbocycles. The summed E-state index contributed by atoms with van der Waals surface area (Å²) in [7, 11) is -0.407. The van der Waals surface area contributed by atoms with E-state index < -0.39 is 7.12 Å². The van der Waals surface area contributed by atoms with E-state index in [0.717, 1.165) is 44.2 Å². The zero-order valence-electron chi connectivity index (χ0n) is 21.5. The van der Waals surface area contributed by atoms with Gasteiger partial charge < -0.3 is 18.8 Å². The lowest BCUT2D eigenvalue weighted by molar-refractivity contribution is 0.00578. The molecule has 1 saturated heterocycles. The van der Waals surface area contributed by atoms with Gasteiger partial charge in [0.1, 0.15) is 11.5 Å². The molecule has 35 heavy (non-hydrogen) atoms. The molecule has 5 rings (SSSR count). The minimum atomic E-state index is -0.407. The Bertz CT molecular complexity index is 1380. The molecule has 0 spiro atoms. The van der Waals surface area contributed by atoms with Crippen LogP contribution < -0.4 is 14.9 Å². The third-order valence-electron chi connectivity index (χ3n) is 7.27. The maximum Gasteiger partial charge on any atom is 0.494 e. The van der Waals surface area contributed by atoms with Gasteiger partial charge in [0.15, 0.2) is 0 Å². The van der Waals surface area contributed by atoms with E-state index in [4.69, 9.17) is 18.8 Å². The van der Waals surface area contributed by atoms with E-state index in [2.05, 4.69) is 94.4 Å². The average molecular weight is 468 g/mol. The van der Waals surface area contributed by atoms with E-state index in [0.29, 0.717) is 13.2 Å². The number of benzene rings is 4. The molecule has 0 radical (unpaired) electrons. The van der Waals surface area contributed by atoms with Crippen molar-refractivity contribution in [3.05, 3.63) is 66.7 Å². The fourth-order valence-corrected chi connectivity index (χ4v) is 4.77. The third-order valence-corrected chi connectivity index (χ3v) is 7.27. The van der Waals surface area contributed by atoms with Gasteiger partial charge in [-0.2, -0.15) is 0 Å². The summed E-state index contributed by atoms with van der Waals surface area (Å²) in [6.07, 6.45) is 0. The van der Waals surface area contributed by atoms with Crippen LogP contribution in [0.5, 0.6) is 11.5 Å². The number of fused-ring (bicyclic) bond motifs is 2. The van der Waals surface area contributed by atoms with Gasteiger partial charge in [-0.1, -0.05) is 54.6 Å². The zero-order chi connectivity index (χ0) is 24.8. The highest BCUT2D eigenvalue weighted by atomic mass is 16.7. The summed E-state index contributed by atoms with van der Waals surface area (Å²) in [5, 5.41) is 4.51. The van der Waals surface area contributed by atoms with Crippen LogP contribution in [0.2, 0.25) is 0 Å². The standard InChI is InChI=1S/C30H33BO4/c1-7-32-25-17-13-20-11-9-10-12-23(20)27(25)28-24-16-15-22(19-21(24)14-18-26(28)33-8-2)31-34-29(3,4)30(5,6)35-31/h9-19H,7-8H2,1-6H3. The summed E-state index contributed by atoms with van der Waals surface area (Å²) in [5.41, 5.74) is 2.35. The molecular weight excluding hydrogens is 435 g/mol. The molecule has 180 valence electrons. The van der Waals surface area contributed by atoms with Crippen molar-refractivity contribution in [3.63, 3.8) is 0 Å². The molecule has 1 fully saturated rings. The molecule has 0 amide bonds. The van der Waals surface area contributed by atoms with Gasteiger partial charge >= 0.3 is 7.12 Å². The van der Waals surface area contributed by atoms with E-state index >= 15 is 0 Å². The SMILES string of the molecule is CCOc1ccc2ccccc2c1-c1c(OCC)ccc2cc(B3OC(C)(C)C(C)(C)O3)ccc12. The molecule has 4 nitrogen and oxygen atoms in total. The monoisotopic (exact) mass is 468 g/mol. The highest BCUT2D eigenvalue weighted by molar-refractivity contribution is 6.62. The van der Waals surface area contributed by atoms with Crippen LogP contribution in [0.25, 0.3) is 32.7 Å². The molecule has 0 bridgehead atoms. The van der Waals surface area contributed by atoms with Crippen molar-refractivity contribution in [2.45, 2.75) is 52.7 Å². The van der Waals surface area contributed by atoms with E-state index in [-0.39, 0.29) is 11.2 Å². The summed E-state index contributed by atoms with van der Waals surface area (Å²) >= 11 is 0. The van der Waals surface area contributed by atoms with E-state index in [1.54, 1.807) is 0 Å². The molecule has 0 unspecified atom stereocenters. The first-order valence-electron chi connectivity index (χ1n) is 12.5. The first-order chi connectivity index (χ1) is 16.8. The zero-order valence-corrected chi connectivity index (χ0v) is 21.5. The van der Waals surface area contributed by atoms with E-state index in [1.807, 2.05) is 13.8 Å². The fourth-order valence-electron chi connectivity index (χ4n) is 4.77. The molecule has 0 N–H and O–H groups in total. The first-order valence-corrected chi connectivity index (χ1v) is 12.5. The van der Waals surface area contributed by atoms with Gasteiger partial charge in [-0.3, -0.25) is 0 Å². The quantitative estimate of drug-likeness (QED) is 0.293. The lowest BCUT2D eigenvalue weighted by atomic mass is 9.77. The Morgan fingerprint density at radius 1 is 0.657 bits per heavy atom. The second kappa shape index (κ2) is 8.89. The van der Waals surface area contributed by atoms with E-state index in [1.165, 1.54) is 5.39 Å². The molecule has 0 aliphatic carbocycles. The van der Waals surface area contributed by atoms with E-state index in [9.17, 15) is 0 Å². The van der Waals surface area contributed by atoms with Crippen LogP contribution in [0.1, 0.15) is 41.5 Å². The Hall–Kier alpha value is -3.02.